The lowest BCUT2D eigenvalue weighted by molar-refractivity contribution is 0.724. The Balaban J connectivity index is 2.21. The molecule has 2 N–H and O–H groups in total. The molecule has 2 rings (SSSR count). The van der Waals surface area contributed by atoms with Crippen LogP contribution in [0.5, 0.6) is 0 Å². The average molecular weight is 296 g/mol. The van der Waals surface area contributed by atoms with Gasteiger partial charge in [0, 0.05) is 21.8 Å². The Labute approximate surface area is 108 Å². The summed E-state index contributed by atoms with van der Waals surface area (Å²) in [5.41, 5.74) is 8.71. The topological polar surface area (TPSA) is 26.0 Å². The standard InChI is InChI=1S/C13H14BrNS/c1-9-11(5-2-6-12(9)14)13(15)8-10-4-3-7-16-10/h2-7,13H,8,15H2,1H3. The molecule has 1 aromatic heterocycles. The summed E-state index contributed by atoms with van der Waals surface area (Å²) < 4.78 is 1.13. The lowest BCUT2D eigenvalue weighted by atomic mass is 9.99. The van der Waals surface area contributed by atoms with Crippen molar-refractivity contribution < 1.29 is 0 Å². The van der Waals surface area contributed by atoms with E-state index in [9.17, 15) is 0 Å². The maximum atomic E-state index is 6.24. The van der Waals surface area contributed by atoms with E-state index >= 15 is 0 Å². The summed E-state index contributed by atoms with van der Waals surface area (Å²) >= 11 is 5.30. The quantitative estimate of drug-likeness (QED) is 0.908. The summed E-state index contributed by atoms with van der Waals surface area (Å²) in [7, 11) is 0. The Hall–Kier alpha value is -0.640. The normalized spacial score (nSPS) is 12.7. The van der Waals surface area contributed by atoms with E-state index in [1.165, 1.54) is 16.0 Å². The van der Waals surface area contributed by atoms with Crippen molar-refractivity contribution in [3.8, 4) is 0 Å². The maximum Gasteiger partial charge on any atom is 0.0346 e. The first-order valence-electron chi connectivity index (χ1n) is 5.21. The Bertz CT molecular complexity index is 465. The zero-order chi connectivity index (χ0) is 11.5. The smallest absolute Gasteiger partial charge is 0.0346 e. The van der Waals surface area contributed by atoms with Gasteiger partial charge < -0.3 is 5.73 Å². The summed E-state index contributed by atoms with van der Waals surface area (Å²) in [6.07, 6.45) is 0.912. The molecule has 16 heavy (non-hydrogen) atoms. The summed E-state index contributed by atoms with van der Waals surface area (Å²) in [6, 6.07) is 10.5. The number of halogens is 1. The Morgan fingerprint density at radius 2 is 2.12 bits per heavy atom. The minimum absolute atomic E-state index is 0.0798. The molecule has 0 bridgehead atoms. The fraction of sp³-hybridized carbons (Fsp3) is 0.231. The lowest BCUT2D eigenvalue weighted by Gasteiger charge is -2.14. The van der Waals surface area contributed by atoms with Crippen LogP contribution in [0.3, 0.4) is 0 Å². The minimum atomic E-state index is 0.0798. The first-order chi connectivity index (χ1) is 7.68. The molecule has 1 nitrogen and oxygen atoms in total. The lowest BCUT2D eigenvalue weighted by Crippen LogP contribution is -2.14. The summed E-state index contributed by atoms with van der Waals surface area (Å²) in [4.78, 5) is 1.34. The van der Waals surface area contributed by atoms with Gasteiger partial charge in [-0.1, -0.05) is 34.1 Å². The molecule has 1 heterocycles. The van der Waals surface area contributed by atoms with Gasteiger partial charge in [0.15, 0.2) is 0 Å². The van der Waals surface area contributed by atoms with Gasteiger partial charge in [0.2, 0.25) is 0 Å². The van der Waals surface area contributed by atoms with E-state index in [-0.39, 0.29) is 6.04 Å². The van der Waals surface area contributed by atoms with Gasteiger partial charge in [0.25, 0.3) is 0 Å². The molecule has 1 unspecified atom stereocenters. The van der Waals surface area contributed by atoms with Crippen LogP contribution in [0.4, 0.5) is 0 Å². The van der Waals surface area contributed by atoms with Crippen molar-refractivity contribution in [2.75, 3.05) is 0 Å². The van der Waals surface area contributed by atoms with E-state index < -0.39 is 0 Å². The molecule has 0 spiro atoms. The highest BCUT2D eigenvalue weighted by Crippen LogP contribution is 2.26. The molecule has 0 saturated carbocycles. The van der Waals surface area contributed by atoms with Gasteiger partial charge in [0.05, 0.1) is 0 Å². The van der Waals surface area contributed by atoms with Crippen molar-refractivity contribution in [1.82, 2.24) is 0 Å². The first kappa shape index (κ1) is 11.8. The molecule has 0 aliphatic carbocycles. The second kappa shape index (κ2) is 5.13. The van der Waals surface area contributed by atoms with E-state index in [1.54, 1.807) is 11.3 Å². The van der Waals surface area contributed by atoms with Gasteiger partial charge in [-0.3, -0.25) is 0 Å². The van der Waals surface area contributed by atoms with Crippen LogP contribution in [0.1, 0.15) is 22.0 Å². The summed E-state index contributed by atoms with van der Waals surface area (Å²) in [5, 5.41) is 2.09. The SMILES string of the molecule is Cc1c(Br)cccc1C(N)Cc1cccs1. The van der Waals surface area contributed by atoms with Crippen LogP contribution in [0.25, 0.3) is 0 Å². The summed E-state index contributed by atoms with van der Waals surface area (Å²) in [6.45, 7) is 2.10. The van der Waals surface area contributed by atoms with Crippen LogP contribution in [-0.4, -0.2) is 0 Å². The van der Waals surface area contributed by atoms with Crippen LogP contribution in [-0.2, 0) is 6.42 Å². The number of hydrogen-bond acceptors (Lipinski definition) is 2. The fourth-order valence-corrected chi connectivity index (χ4v) is 2.93. The Kier molecular flexibility index (Phi) is 3.79. The molecule has 0 radical (unpaired) electrons. The zero-order valence-corrected chi connectivity index (χ0v) is 11.5. The summed E-state index contributed by atoms with van der Waals surface area (Å²) in [5.74, 6) is 0. The Morgan fingerprint density at radius 1 is 1.31 bits per heavy atom. The molecule has 0 aliphatic heterocycles. The predicted octanol–water partition coefficient (Wildman–Crippen LogP) is 4.06. The number of benzene rings is 1. The van der Waals surface area contributed by atoms with Gasteiger partial charge in [0.1, 0.15) is 0 Å². The fourth-order valence-electron chi connectivity index (χ4n) is 1.78. The van der Waals surface area contributed by atoms with Crippen molar-refractivity contribution >= 4 is 27.3 Å². The van der Waals surface area contributed by atoms with Crippen LogP contribution in [0.15, 0.2) is 40.2 Å². The monoisotopic (exact) mass is 295 g/mol. The van der Waals surface area contributed by atoms with Gasteiger partial charge >= 0.3 is 0 Å². The van der Waals surface area contributed by atoms with Crippen LogP contribution >= 0.6 is 27.3 Å². The largest absolute Gasteiger partial charge is 0.324 e. The van der Waals surface area contributed by atoms with Crippen LogP contribution in [0.2, 0.25) is 0 Å². The highest BCUT2D eigenvalue weighted by Gasteiger charge is 2.11. The van der Waals surface area contributed by atoms with Gasteiger partial charge in [-0.05, 0) is 35.6 Å². The zero-order valence-electron chi connectivity index (χ0n) is 9.11. The third-order valence-electron chi connectivity index (χ3n) is 2.71. The van der Waals surface area contributed by atoms with E-state index in [0.29, 0.717) is 0 Å². The molecule has 2 aromatic rings. The molecule has 3 heteroatoms. The maximum absolute atomic E-state index is 6.24. The van der Waals surface area contributed by atoms with E-state index in [1.807, 2.05) is 6.07 Å². The highest BCUT2D eigenvalue weighted by atomic mass is 79.9. The van der Waals surface area contributed by atoms with E-state index in [2.05, 4.69) is 52.5 Å². The Morgan fingerprint density at radius 3 is 2.81 bits per heavy atom. The van der Waals surface area contributed by atoms with Gasteiger partial charge in [-0.2, -0.15) is 0 Å². The van der Waals surface area contributed by atoms with Crippen molar-refractivity contribution in [2.45, 2.75) is 19.4 Å². The van der Waals surface area contributed by atoms with Crippen LogP contribution < -0.4 is 5.73 Å². The van der Waals surface area contributed by atoms with Crippen molar-refractivity contribution in [3.63, 3.8) is 0 Å². The van der Waals surface area contributed by atoms with Crippen molar-refractivity contribution in [2.24, 2.45) is 5.73 Å². The van der Waals surface area contributed by atoms with E-state index in [4.69, 9.17) is 5.73 Å². The second-order valence-corrected chi connectivity index (χ2v) is 5.73. The number of rotatable bonds is 3. The average Bonchev–Trinajstić information content (AvgIpc) is 2.74. The number of thiophene rings is 1. The van der Waals surface area contributed by atoms with Crippen molar-refractivity contribution in [3.05, 3.63) is 56.2 Å². The molecule has 84 valence electrons. The molecule has 0 fully saturated rings. The number of nitrogens with two attached hydrogens (primary N) is 1. The first-order valence-corrected chi connectivity index (χ1v) is 6.88. The molecule has 0 amide bonds. The minimum Gasteiger partial charge on any atom is -0.324 e. The molecular weight excluding hydrogens is 282 g/mol. The van der Waals surface area contributed by atoms with Gasteiger partial charge in [-0.15, -0.1) is 11.3 Å². The molecule has 1 atom stereocenters. The predicted molar refractivity (Wildman–Crippen MR) is 73.8 cm³/mol. The molecule has 0 saturated heterocycles. The molecule has 1 aromatic carbocycles. The van der Waals surface area contributed by atoms with E-state index in [0.717, 1.165) is 10.9 Å². The second-order valence-electron chi connectivity index (χ2n) is 3.84. The van der Waals surface area contributed by atoms with Crippen molar-refractivity contribution in [1.29, 1.82) is 0 Å². The highest BCUT2D eigenvalue weighted by molar-refractivity contribution is 9.10. The van der Waals surface area contributed by atoms with Crippen LogP contribution in [0, 0.1) is 6.92 Å². The number of hydrogen-bond donors (Lipinski definition) is 1. The molecular formula is C13H14BrNS. The third-order valence-corrected chi connectivity index (χ3v) is 4.47. The van der Waals surface area contributed by atoms with Gasteiger partial charge in [-0.25, -0.2) is 0 Å². The third kappa shape index (κ3) is 2.54. The molecule has 0 aliphatic rings.